The SMILES string of the molecule is C=C(/C=C(\C)CC1CC2(CNC2)C1)C(C)(F)F. The lowest BCUT2D eigenvalue weighted by Crippen LogP contribution is -2.60. The molecule has 0 amide bonds. The lowest BCUT2D eigenvalue weighted by atomic mass is 9.57. The summed E-state index contributed by atoms with van der Waals surface area (Å²) >= 11 is 0. The van der Waals surface area contributed by atoms with E-state index in [-0.39, 0.29) is 5.57 Å². The Morgan fingerprint density at radius 3 is 2.47 bits per heavy atom. The highest BCUT2D eigenvalue weighted by Gasteiger charge is 2.47. The number of hydrogen-bond donors (Lipinski definition) is 1. The molecule has 1 aliphatic carbocycles. The quantitative estimate of drug-likeness (QED) is 0.742. The molecule has 0 bridgehead atoms. The Morgan fingerprint density at radius 1 is 1.47 bits per heavy atom. The molecule has 0 aromatic heterocycles. The van der Waals surface area contributed by atoms with E-state index in [0.717, 1.165) is 32.0 Å². The standard InChI is InChI=1S/C14H21F2N/c1-10(4-11(2)13(3,15)16)5-12-6-14(7-12)8-17-9-14/h4,12,17H,2,5-9H2,1,3H3/b10-4+. The number of rotatable bonds is 4. The molecule has 2 fully saturated rings. The van der Waals surface area contributed by atoms with Gasteiger partial charge in [0.25, 0.3) is 5.92 Å². The number of nitrogens with one attached hydrogen (secondary N) is 1. The molecule has 2 aliphatic rings. The van der Waals surface area contributed by atoms with Crippen LogP contribution in [-0.2, 0) is 0 Å². The third-order valence-corrected chi connectivity index (χ3v) is 4.04. The Bertz CT molecular complexity index is 340. The second-order valence-corrected chi connectivity index (χ2v) is 5.99. The van der Waals surface area contributed by atoms with Gasteiger partial charge in [-0.3, -0.25) is 0 Å². The predicted octanol–water partition coefficient (Wildman–Crippen LogP) is 3.53. The van der Waals surface area contributed by atoms with Crippen LogP contribution in [0.25, 0.3) is 0 Å². The van der Waals surface area contributed by atoms with Crippen molar-refractivity contribution in [3.8, 4) is 0 Å². The van der Waals surface area contributed by atoms with E-state index in [1.165, 1.54) is 12.8 Å². The molecule has 1 N–H and O–H groups in total. The molecule has 1 saturated heterocycles. The second kappa shape index (κ2) is 4.20. The van der Waals surface area contributed by atoms with E-state index in [9.17, 15) is 8.78 Å². The van der Waals surface area contributed by atoms with Gasteiger partial charge in [0.1, 0.15) is 0 Å². The van der Waals surface area contributed by atoms with Crippen LogP contribution in [0.15, 0.2) is 23.8 Å². The van der Waals surface area contributed by atoms with Crippen LogP contribution in [0.3, 0.4) is 0 Å². The maximum absolute atomic E-state index is 12.9. The predicted molar refractivity (Wildman–Crippen MR) is 66.2 cm³/mol. The summed E-state index contributed by atoms with van der Waals surface area (Å²) < 4.78 is 25.9. The topological polar surface area (TPSA) is 12.0 Å². The van der Waals surface area contributed by atoms with Crippen LogP contribution in [0.1, 0.15) is 33.1 Å². The molecule has 17 heavy (non-hydrogen) atoms. The van der Waals surface area contributed by atoms with E-state index in [4.69, 9.17) is 0 Å². The molecule has 1 saturated carbocycles. The van der Waals surface area contributed by atoms with Crippen LogP contribution in [0, 0.1) is 11.3 Å². The molecule has 2 rings (SSSR count). The first-order valence-electron chi connectivity index (χ1n) is 6.26. The summed E-state index contributed by atoms with van der Waals surface area (Å²) in [5.74, 6) is -2.10. The minimum atomic E-state index is -2.79. The molecule has 1 aliphatic heterocycles. The minimum Gasteiger partial charge on any atom is -0.316 e. The molecule has 0 atom stereocenters. The van der Waals surface area contributed by atoms with Gasteiger partial charge in [-0.2, -0.15) is 0 Å². The molecule has 1 spiro atoms. The summed E-state index contributed by atoms with van der Waals surface area (Å²) in [6.07, 6.45) is 5.00. The molecule has 0 aromatic carbocycles. The average molecular weight is 241 g/mol. The van der Waals surface area contributed by atoms with Crippen molar-refractivity contribution in [3.05, 3.63) is 23.8 Å². The summed E-state index contributed by atoms with van der Waals surface area (Å²) in [5.41, 5.74) is 1.52. The highest BCUT2D eigenvalue weighted by atomic mass is 19.3. The Kier molecular flexibility index (Phi) is 3.15. The van der Waals surface area contributed by atoms with Gasteiger partial charge in [-0.25, -0.2) is 8.78 Å². The van der Waals surface area contributed by atoms with Crippen LogP contribution < -0.4 is 5.32 Å². The minimum absolute atomic E-state index is 0.0747. The first-order valence-corrected chi connectivity index (χ1v) is 6.26. The van der Waals surface area contributed by atoms with Crippen molar-refractivity contribution in [3.63, 3.8) is 0 Å². The molecule has 1 heterocycles. The fourth-order valence-corrected chi connectivity index (χ4v) is 3.01. The van der Waals surface area contributed by atoms with Crippen molar-refractivity contribution in [2.45, 2.75) is 39.0 Å². The Morgan fingerprint density at radius 2 is 2.06 bits per heavy atom. The first kappa shape index (κ1) is 12.7. The van der Waals surface area contributed by atoms with Crippen molar-refractivity contribution in [2.75, 3.05) is 13.1 Å². The normalized spacial score (nSPS) is 24.4. The van der Waals surface area contributed by atoms with Gasteiger partial charge in [0.05, 0.1) is 0 Å². The van der Waals surface area contributed by atoms with Crippen LogP contribution in [0.4, 0.5) is 8.78 Å². The zero-order chi connectivity index (χ0) is 12.7. The van der Waals surface area contributed by atoms with E-state index in [0.29, 0.717) is 11.3 Å². The summed E-state index contributed by atoms with van der Waals surface area (Å²) in [7, 11) is 0. The second-order valence-electron chi connectivity index (χ2n) is 5.99. The monoisotopic (exact) mass is 241 g/mol. The zero-order valence-corrected chi connectivity index (χ0v) is 10.7. The highest BCUT2D eigenvalue weighted by molar-refractivity contribution is 5.26. The van der Waals surface area contributed by atoms with Gasteiger partial charge in [-0.15, -0.1) is 0 Å². The lowest BCUT2D eigenvalue weighted by Gasteiger charge is -2.54. The first-order chi connectivity index (χ1) is 7.81. The van der Waals surface area contributed by atoms with Crippen molar-refractivity contribution >= 4 is 0 Å². The van der Waals surface area contributed by atoms with E-state index in [1.807, 2.05) is 6.92 Å². The van der Waals surface area contributed by atoms with Crippen molar-refractivity contribution in [1.82, 2.24) is 5.32 Å². The van der Waals surface area contributed by atoms with Crippen molar-refractivity contribution in [2.24, 2.45) is 11.3 Å². The third-order valence-electron chi connectivity index (χ3n) is 4.04. The van der Waals surface area contributed by atoms with Gasteiger partial charge in [-0.1, -0.05) is 18.2 Å². The van der Waals surface area contributed by atoms with Gasteiger partial charge in [0.2, 0.25) is 0 Å². The molecule has 0 unspecified atom stereocenters. The van der Waals surface area contributed by atoms with Gasteiger partial charge in [0, 0.05) is 25.6 Å². The van der Waals surface area contributed by atoms with Crippen LogP contribution in [0.5, 0.6) is 0 Å². The Balaban J connectivity index is 1.80. The summed E-state index contributed by atoms with van der Waals surface area (Å²) in [6.45, 7) is 8.56. The number of hydrogen-bond acceptors (Lipinski definition) is 1. The molecular weight excluding hydrogens is 220 g/mol. The van der Waals surface area contributed by atoms with E-state index in [1.54, 1.807) is 6.08 Å². The summed E-state index contributed by atoms with van der Waals surface area (Å²) in [5, 5.41) is 3.30. The molecule has 0 radical (unpaired) electrons. The van der Waals surface area contributed by atoms with Crippen LogP contribution >= 0.6 is 0 Å². The number of halogens is 2. The van der Waals surface area contributed by atoms with Gasteiger partial charge >= 0.3 is 0 Å². The lowest BCUT2D eigenvalue weighted by molar-refractivity contribution is 0.000853. The van der Waals surface area contributed by atoms with Crippen LogP contribution in [0.2, 0.25) is 0 Å². The molecule has 96 valence electrons. The summed E-state index contributed by atoms with van der Waals surface area (Å²) in [6, 6.07) is 0. The number of alkyl halides is 2. The fraction of sp³-hybridized carbons (Fsp3) is 0.714. The van der Waals surface area contributed by atoms with E-state index in [2.05, 4.69) is 11.9 Å². The average Bonchev–Trinajstić information content (AvgIpc) is 2.05. The van der Waals surface area contributed by atoms with Crippen molar-refractivity contribution < 1.29 is 8.78 Å². The van der Waals surface area contributed by atoms with E-state index < -0.39 is 5.92 Å². The number of allylic oxidation sites excluding steroid dienone is 3. The highest BCUT2D eigenvalue weighted by Crippen LogP contribution is 2.50. The Hall–Kier alpha value is -0.700. The summed E-state index contributed by atoms with van der Waals surface area (Å²) in [4.78, 5) is 0. The third kappa shape index (κ3) is 2.76. The zero-order valence-electron chi connectivity index (χ0n) is 10.7. The molecule has 0 aromatic rings. The molecule has 3 heteroatoms. The maximum Gasteiger partial charge on any atom is 0.269 e. The van der Waals surface area contributed by atoms with Crippen LogP contribution in [-0.4, -0.2) is 19.0 Å². The van der Waals surface area contributed by atoms with Gasteiger partial charge in [0.15, 0.2) is 0 Å². The van der Waals surface area contributed by atoms with Crippen molar-refractivity contribution in [1.29, 1.82) is 0 Å². The molecule has 1 nitrogen and oxygen atoms in total. The maximum atomic E-state index is 12.9. The largest absolute Gasteiger partial charge is 0.316 e. The van der Waals surface area contributed by atoms with Gasteiger partial charge < -0.3 is 5.32 Å². The fourth-order valence-electron chi connectivity index (χ4n) is 3.01. The smallest absolute Gasteiger partial charge is 0.269 e. The van der Waals surface area contributed by atoms with Gasteiger partial charge in [-0.05, 0) is 37.5 Å². The van der Waals surface area contributed by atoms with E-state index >= 15 is 0 Å². The Labute approximate surface area is 102 Å². The molecular formula is C14H21F2N.